The summed E-state index contributed by atoms with van der Waals surface area (Å²) in [6.07, 6.45) is 4.75. The van der Waals surface area contributed by atoms with Gasteiger partial charge in [-0.3, -0.25) is 9.89 Å². The number of likely N-dealkylation sites (tertiary alicyclic amines) is 1. The van der Waals surface area contributed by atoms with E-state index in [1.54, 1.807) is 12.4 Å². The van der Waals surface area contributed by atoms with Crippen LogP contribution in [0.25, 0.3) is 11.0 Å². The van der Waals surface area contributed by atoms with Crippen LogP contribution in [-0.2, 0) is 0 Å². The third-order valence-corrected chi connectivity index (χ3v) is 4.22. The molecule has 19 heavy (non-hydrogen) atoms. The van der Waals surface area contributed by atoms with Crippen molar-refractivity contribution in [3.8, 4) is 0 Å². The summed E-state index contributed by atoms with van der Waals surface area (Å²) in [6, 6.07) is 1.81. The number of pyridine rings is 1. The molecule has 4 rings (SSSR count). The maximum Gasteiger partial charge on any atom is 0.255 e. The van der Waals surface area contributed by atoms with E-state index in [1.807, 2.05) is 11.0 Å². The number of aliphatic hydroxyl groups excluding tert-OH is 1. The fourth-order valence-electron chi connectivity index (χ4n) is 3.24. The van der Waals surface area contributed by atoms with Crippen molar-refractivity contribution in [1.82, 2.24) is 20.1 Å². The zero-order valence-electron chi connectivity index (χ0n) is 10.3. The fraction of sp³-hybridized carbons (Fsp3) is 0.462. The van der Waals surface area contributed by atoms with E-state index < -0.39 is 0 Å². The summed E-state index contributed by atoms with van der Waals surface area (Å²) in [4.78, 5) is 18.3. The van der Waals surface area contributed by atoms with Crippen molar-refractivity contribution in [2.75, 3.05) is 13.1 Å². The third kappa shape index (κ3) is 1.56. The van der Waals surface area contributed by atoms with Crippen molar-refractivity contribution < 1.29 is 9.90 Å². The van der Waals surface area contributed by atoms with Gasteiger partial charge < -0.3 is 10.0 Å². The smallest absolute Gasteiger partial charge is 0.255 e. The molecule has 0 aromatic carbocycles. The predicted octanol–water partition coefficient (Wildman–Crippen LogP) is 0.555. The zero-order chi connectivity index (χ0) is 13.0. The van der Waals surface area contributed by atoms with Gasteiger partial charge in [-0.2, -0.15) is 5.10 Å². The van der Waals surface area contributed by atoms with Crippen molar-refractivity contribution in [3.63, 3.8) is 0 Å². The summed E-state index contributed by atoms with van der Waals surface area (Å²) in [5.74, 6) is 0.0163. The van der Waals surface area contributed by atoms with E-state index in [2.05, 4.69) is 15.2 Å². The van der Waals surface area contributed by atoms with Gasteiger partial charge in [0.1, 0.15) is 0 Å². The first-order valence-electron chi connectivity index (χ1n) is 6.42. The normalized spacial score (nSPS) is 21.4. The Balaban J connectivity index is 1.52. The molecule has 1 spiro atoms. The number of hydrogen-bond acceptors (Lipinski definition) is 4. The number of hydrogen-bond donors (Lipinski definition) is 2. The highest BCUT2D eigenvalue weighted by Crippen LogP contribution is 2.48. The summed E-state index contributed by atoms with van der Waals surface area (Å²) < 4.78 is 0. The van der Waals surface area contributed by atoms with E-state index in [4.69, 9.17) is 0 Å². The molecule has 98 valence electrons. The molecule has 2 aliphatic rings. The Bertz CT molecular complexity index is 651. The van der Waals surface area contributed by atoms with E-state index in [-0.39, 0.29) is 17.4 Å². The molecule has 1 aliphatic carbocycles. The fourth-order valence-corrected chi connectivity index (χ4v) is 3.24. The molecule has 1 saturated carbocycles. The average Bonchev–Trinajstić information content (AvgIpc) is 2.78. The minimum Gasteiger partial charge on any atom is -0.393 e. The van der Waals surface area contributed by atoms with Crippen molar-refractivity contribution in [3.05, 3.63) is 24.0 Å². The van der Waals surface area contributed by atoms with E-state index in [9.17, 15) is 9.90 Å². The topological polar surface area (TPSA) is 82.1 Å². The van der Waals surface area contributed by atoms with Crippen LogP contribution in [0, 0.1) is 5.41 Å². The van der Waals surface area contributed by atoms with Crippen LogP contribution in [0.4, 0.5) is 0 Å². The Morgan fingerprint density at radius 2 is 2.21 bits per heavy atom. The van der Waals surface area contributed by atoms with Crippen LogP contribution in [0.15, 0.2) is 18.5 Å². The van der Waals surface area contributed by atoms with Gasteiger partial charge in [-0.25, -0.2) is 4.98 Å². The molecule has 1 amide bonds. The number of aromatic nitrogens is 3. The summed E-state index contributed by atoms with van der Waals surface area (Å²) in [5.41, 5.74) is 1.49. The standard InChI is InChI=1S/C13H14N4O2/c18-10-2-13(3-10)6-17(7-13)12(19)9-1-8-5-15-16-11(8)14-4-9/h1,4-5,10,18H,2-3,6-7H2,(H,14,15,16). The first-order chi connectivity index (χ1) is 9.15. The van der Waals surface area contributed by atoms with E-state index >= 15 is 0 Å². The molecule has 2 aromatic heterocycles. The molecule has 0 bridgehead atoms. The molecule has 6 nitrogen and oxygen atoms in total. The number of aromatic amines is 1. The highest BCUT2D eigenvalue weighted by atomic mass is 16.3. The average molecular weight is 258 g/mol. The second-order valence-corrected chi connectivity index (χ2v) is 5.76. The number of nitrogens with zero attached hydrogens (tertiary/aromatic N) is 3. The SMILES string of the molecule is O=C(c1cnc2[nH]ncc2c1)N1CC2(CC(O)C2)C1. The van der Waals surface area contributed by atoms with Crippen molar-refractivity contribution in [2.24, 2.45) is 5.41 Å². The molecule has 0 unspecified atom stereocenters. The Labute approximate surface area is 109 Å². The molecule has 1 aliphatic heterocycles. The quantitative estimate of drug-likeness (QED) is 0.782. The molecule has 1 saturated heterocycles. The molecular formula is C13H14N4O2. The molecule has 0 radical (unpaired) electrons. The van der Waals surface area contributed by atoms with Crippen molar-refractivity contribution >= 4 is 16.9 Å². The Morgan fingerprint density at radius 1 is 1.42 bits per heavy atom. The number of nitrogens with one attached hydrogen (secondary N) is 1. The molecule has 2 aromatic rings. The summed E-state index contributed by atoms with van der Waals surface area (Å²) in [7, 11) is 0. The Hall–Kier alpha value is -1.95. The Kier molecular flexibility index (Phi) is 2.04. The molecular weight excluding hydrogens is 244 g/mol. The first-order valence-corrected chi connectivity index (χ1v) is 6.42. The van der Waals surface area contributed by atoms with Gasteiger partial charge in [0.25, 0.3) is 5.91 Å². The predicted molar refractivity (Wildman–Crippen MR) is 67.5 cm³/mol. The second kappa shape index (κ2) is 3.54. The van der Waals surface area contributed by atoms with Crippen LogP contribution in [0.1, 0.15) is 23.2 Å². The lowest BCUT2D eigenvalue weighted by atomic mass is 9.62. The van der Waals surface area contributed by atoms with Gasteiger partial charge in [0.15, 0.2) is 5.65 Å². The van der Waals surface area contributed by atoms with Crippen LogP contribution in [0.3, 0.4) is 0 Å². The number of rotatable bonds is 1. The minimum atomic E-state index is -0.166. The molecule has 2 fully saturated rings. The largest absolute Gasteiger partial charge is 0.393 e. The summed E-state index contributed by atoms with van der Waals surface area (Å²) >= 11 is 0. The maximum absolute atomic E-state index is 12.3. The molecule has 3 heterocycles. The van der Waals surface area contributed by atoms with Gasteiger partial charge in [-0.05, 0) is 18.9 Å². The van der Waals surface area contributed by atoms with Crippen LogP contribution in [0.5, 0.6) is 0 Å². The maximum atomic E-state index is 12.3. The van der Waals surface area contributed by atoms with E-state index in [0.29, 0.717) is 11.2 Å². The van der Waals surface area contributed by atoms with Gasteiger partial charge in [-0.15, -0.1) is 0 Å². The van der Waals surface area contributed by atoms with Gasteiger partial charge in [0.2, 0.25) is 0 Å². The van der Waals surface area contributed by atoms with Crippen molar-refractivity contribution in [2.45, 2.75) is 18.9 Å². The highest BCUT2D eigenvalue weighted by Gasteiger charge is 2.53. The summed E-state index contributed by atoms with van der Waals surface area (Å²) in [6.45, 7) is 1.51. The van der Waals surface area contributed by atoms with Crippen LogP contribution in [0.2, 0.25) is 0 Å². The lowest BCUT2D eigenvalue weighted by Gasteiger charge is -2.57. The number of aliphatic hydroxyl groups is 1. The van der Waals surface area contributed by atoms with Gasteiger partial charge in [-0.1, -0.05) is 0 Å². The number of fused-ring (bicyclic) bond motifs is 1. The highest BCUT2D eigenvalue weighted by molar-refractivity contribution is 5.97. The van der Waals surface area contributed by atoms with Crippen LogP contribution in [-0.4, -0.2) is 50.3 Å². The lowest BCUT2D eigenvalue weighted by Crippen LogP contribution is -2.65. The van der Waals surface area contributed by atoms with Gasteiger partial charge in [0.05, 0.1) is 17.9 Å². The van der Waals surface area contributed by atoms with Crippen molar-refractivity contribution in [1.29, 1.82) is 0 Å². The van der Waals surface area contributed by atoms with E-state index in [1.165, 1.54) is 0 Å². The number of carbonyl (C=O) groups is 1. The van der Waals surface area contributed by atoms with Crippen LogP contribution >= 0.6 is 0 Å². The van der Waals surface area contributed by atoms with Gasteiger partial charge in [0, 0.05) is 30.1 Å². The van der Waals surface area contributed by atoms with E-state index in [0.717, 1.165) is 31.3 Å². The first kappa shape index (κ1) is 10.9. The minimum absolute atomic E-state index is 0.0163. The molecule has 2 N–H and O–H groups in total. The Morgan fingerprint density at radius 3 is 2.95 bits per heavy atom. The second-order valence-electron chi connectivity index (χ2n) is 5.76. The third-order valence-electron chi connectivity index (χ3n) is 4.22. The number of carbonyl (C=O) groups excluding carboxylic acids is 1. The molecule has 0 atom stereocenters. The number of amides is 1. The summed E-state index contributed by atoms with van der Waals surface area (Å²) in [5, 5.41) is 16.9. The monoisotopic (exact) mass is 258 g/mol. The molecule has 6 heteroatoms. The number of H-pyrrole nitrogens is 1. The lowest BCUT2D eigenvalue weighted by molar-refractivity contribution is -0.113. The van der Waals surface area contributed by atoms with Gasteiger partial charge >= 0.3 is 0 Å². The van der Waals surface area contributed by atoms with Crippen LogP contribution < -0.4 is 0 Å². The zero-order valence-corrected chi connectivity index (χ0v) is 10.3.